The lowest BCUT2D eigenvalue weighted by molar-refractivity contribution is 0.304. The van der Waals surface area contributed by atoms with Gasteiger partial charge in [0.25, 0.3) is 0 Å². The maximum atomic E-state index is 12.0. The van der Waals surface area contributed by atoms with E-state index in [1.807, 2.05) is 18.2 Å². The smallest absolute Gasteiger partial charge is 0.119 e. The summed E-state index contributed by atoms with van der Waals surface area (Å²) in [6.07, 6.45) is 14.1. The zero-order valence-corrected chi connectivity index (χ0v) is 26.1. The van der Waals surface area contributed by atoms with Crippen molar-refractivity contribution in [2.45, 2.75) is 90.9 Å². The van der Waals surface area contributed by atoms with Crippen molar-refractivity contribution in [1.82, 2.24) is 0 Å². The van der Waals surface area contributed by atoms with Crippen LogP contribution in [0, 0.1) is 0 Å². The molecule has 0 spiro atoms. The van der Waals surface area contributed by atoms with Gasteiger partial charge in [0.05, 0.1) is 6.61 Å². The summed E-state index contributed by atoms with van der Waals surface area (Å²) in [4.78, 5) is 0. The molecule has 3 nitrogen and oxygen atoms in total. The average Bonchev–Trinajstić information content (AvgIpc) is 3.00. The molecule has 1 N–H and O–H groups in total. The number of allylic oxidation sites excluding steroid dienone is 1. The number of hydrogen-bond donors (Lipinski definition) is 1. The van der Waals surface area contributed by atoms with E-state index < -0.39 is 10.8 Å². The van der Waals surface area contributed by atoms with Gasteiger partial charge in [-0.3, -0.25) is 4.21 Å². The first-order valence-corrected chi connectivity index (χ1v) is 17.3. The first-order valence-electron chi connectivity index (χ1n) is 15.8. The third-order valence-electron chi connectivity index (χ3n) is 7.59. The molecule has 0 aliphatic rings. The lowest BCUT2D eigenvalue weighted by Crippen LogP contribution is -2.02. The van der Waals surface area contributed by atoms with E-state index in [1.165, 1.54) is 68.1 Å². The summed E-state index contributed by atoms with van der Waals surface area (Å²) in [6, 6.07) is 26.5. The van der Waals surface area contributed by atoms with Crippen molar-refractivity contribution in [2.24, 2.45) is 0 Å². The number of phenolic OH excluding ortho intramolecular Hbond substituents is 1. The average molecular weight is 575 g/mol. The van der Waals surface area contributed by atoms with E-state index >= 15 is 0 Å². The fraction of sp³-hybridized carbons (Fsp3) is 0.459. The third-order valence-corrected chi connectivity index (χ3v) is 9.08. The van der Waals surface area contributed by atoms with Crippen LogP contribution in [0.25, 0.3) is 11.1 Å². The Balaban J connectivity index is 1.41. The molecule has 0 fully saturated rings. The molecule has 0 aliphatic heterocycles. The molecule has 41 heavy (non-hydrogen) atoms. The Morgan fingerprint density at radius 1 is 0.634 bits per heavy atom. The van der Waals surface area contributed by atoms with Gasteiger partial charge in [-0.2, -0.15) is 0 Å². The van der Waals surface area contributed by atoms with Gasteiger partial charge >= 0.3 is 0 Å². The van der Waals surface area contributed by atoms with Crippen LogP contribution in [-0.4, -0.2) is 27.4 Å². The lowest BCUT2D eigenvalue weighted by Gasteiger charge is -2.17. The van der Waals surface area contributed by atoms with E-state index in [-0.39, 0.29) is 5.75 Å². The van der Waals surface area contributed by atoms with Crippen LogP contribution >= 0.6 is 0 Å². The summed E-state index contributed by atoms with van der Waals surface area (Å²) in [5.41, 5.74) is 5.92. The van der Waals surface area contributed by atoms with Gasteiger partial charge in [-0.05, 0) is 77.8 Å². The standard InChI is InChI=1S/C37H50O3S/c1-3-5-16-29-41(39)30-17-11-9-7-6-8-10-15-28-40-35-26-22-33(23-27-35)37(32-20-24-34(38)25-21-32)36(4-2)31-18-13-12-14-19-31/h12-14,18-27,38H,3-11,15-17,28-30H2,1-2H3/b37-36+. The van der Waals surface area contributed by atoms with E-state index in [1.54, 1.807) is 12.1 Å². The topological polar surface area (TPSA) is 46.5 Å². The number of hydrogen-bond acceptors (Lipinski definition) is 3. The molecule has 0 heterocycles. The Morgan fingerprint density at radius 2 is 1.17 bits per heavy atom. The Morgan fingerprint density at radius 3 is 1.76 bits per heavy atom. The minimum Gasteiger partial charge on any atom is -0.508 e. The molecule has 0 radical (unpaired) electrons. The molecule has 1 unspecified atom stereocenters. The highest BCUT2D eigenvalue weighted by Gasteiger charge is 2.13. The maximum absolute atomic E-state index is 12.0. The minimum absolute atomic E-state index is 0.275. The highest BCUT2D eigenvalue weighted by atomic mass is 32.2. The zero-order valence-electron chi connectivity index (χ0n) is 25.3. The molecule has 4 heteroatoms. The quantitative estimate of drug-likeness (QED) is 0.108. The molecular weight excluding hydrogens is 524 g/mol. The fourth-order valence-electron chi connectivity index (χ4n) is 5.26. The fourth-order valence-corrected chi connectivity index (χ4v) is 6.51. The van der Waals surface area contributed by atoms with E-state index in [2.05, 4.69) is 62.4 Å². The summed E-state index contributed by atoms with van der Waals surface area (Å²) in [7, 11) is -0.599. The second kappa shape index (κ2) is 19.3. The number of ether oxygens (including phenoxy) is 1. The Labute approximate surface area is 251 Å². The van der Waals surface area contributed by atoms with E-state index in [0.29, 0.717) is 0 Å². The van der Waals surface area contributed by atoms with Crippen LogP contribution in [0.4, 0.5) is 0 Å². The lowest BCUT2D eigenvalue weighted by atomic mass is 9.88. The molecule has 1 atom stereocenters. The molecule has 0 saturated heterocycles. The van der Waals surface area contributed by atoms with Crippen LogP contribution in [0.3, 0.4) is 0 Å². The van der Waals surface area contributed by atoms with E-state index in [4.69, 9.17) is 4.74 Å². The first-order chi connectivity index (χ1) is 20.1. The second-order valence-corrected chi connectivity index (χ2v) is 12.6. The van der Waals surface area contributed by atoms with Crippen LogP contribution in [0.15, 0.2) is 78.9 Å². The predicted molar refractivity (Wildman–Crippen MR) is 177 cm³/mol. The second-order valence-electron chi connectivity index (χ2n) is 10.9. The van der Waals surface area contributed by atoms with Crippen LogP contribution < -0.4 is 4.74 Å². The van der Waals surface area contributed by atoms with Gasteiger partial charge in [0.1, 0.15) is 11.5 Å². The van der Waals surface area contributed by atoms with Gasteiger partial charge in [0.2, 0.25) is 0 Å². The van der Waals surface area contributed by atoms with Gasteiger partial charge < -0.3 is 9.84 Å². The van der Waals surface area contributed by atoms with Gasteiger partial charge in [-0.1, -0.05) is 120 Å². The van der Waals surface area contributed by atoms with E-state index in [0.717, 1.165) is 60.7 Å². The van der Waals surface area contributed by atoms with Crippen molar-refractivity contribution < 1.29 is 14.1 Å². The van der Waals surface area contributed by atoms with Crippen LogP contribution in [-0.2, 0) is 10.8 Å². The monoisotopic (exact) mass is 574 g/mol. The molecule has 0 aliphatic carbocycles. The Hall–Kier alpha value is -2.85. The Bertz CT molecular complexity index is 1170. The SMILES string of the molecule is CCCCCS(=O)CCCCCCCCCCOc1ccc(/C(=C(\CC)c2ccccc2)c2ccc(O)cc2)cc1. The molecule has 0 saturated carbocycles. The summed E-state index contributed by atoms with van der Waals surface area (Å²) in [5, 5.41) is 9.86. The number of rotatable bonds is 20. The minimum atomic E-state index is -0.599. The number of unbranched alkanes of at least 4 members (excludes halogenated alkanes) is 9. The Kier molecular flexibility index (Phi) is 15.4. The van der Waals surface area contributed by atoms with Crippen molar-refractivity contribution in [2.75, 3.05) is 18.1 Å². The van der Waals surface area contributed by atoms with Gasteiger partial charge in [0.15, 0.2) is 0 Å². The zero-order chi connectivity index (χ0) is 29.1. The van der Waals surface area contributed by atoms with E-state index in [9.17, 15) is 9.32 Å². The largest absolute Gasteiger partial charge is 0.508 e. The van der Waals surface area contributed by atoms with Gasteiger partial charge in [0, 0.05) is 22.3 Å². The molecule has 0 bridgehead atoms. The first kappa shape index (κ1) is 32.7. The van der Waals surface area contributed by atoms with Crippen molar-refractivity contribution >= 4 is 21.9 Å². The molecule has 3 aromatic rings. The van der Waals surface area contributed by atoms with Crippen LogP contribution in [0.1, 0.15) is 108 Å². The number of aromatic hydroxyl groups is 1. The van der Waals surface area contributed by atoms with Crippen LogP contribution in [0.5, 0.6) is 11.5 Å². The summed E-state index contributed by atoms with van der Waals surface area (Å²) < 4.78 is 18.0. The van der Waals surface area contributed by atoms with Crippen molar-refractivity contribution in [3.05, 3.63) is 95.6 Å². The summed E-state index contributed by atoms with van der Waals surface area (Å²) in [5.74, 6) is 2.97. The molecule has 3 aromatic carbocycles. The normalized spacial score (nSPS) is 12.6. The summed E-state index contributed by atoms with van der Waals surface area (Å²) in [6.45, 7) is 5.13. The number of benzene rings is 3. The van der Waals surface area contributed by atoms with Crippen molar-refractivity contribution in [3.63, 3.8) is 0 Å². The summed E-state index contributed by atoms with van der Waals surface area (Å²) >= 11 is 0. The van der Waals surface area contributed by atoms with Gasteiger partial charge in [-0.15, -0.1) is 0 Å². The van der Waals surface area contributed by atoms with Gasteiger partial charge in [-0.25, -0.2) is 0 Å². The van der Waals surface area contributed by atoms with Crippen molar-refractivity contribution in [1.29, 1.82) is 0 Å². The number of phenols is 1. The van der Waals surface area contributed by atoms with Crippen LogP contribution in [0.2, 0.25) is 0 Å². The molecule has 3 rings (SSSR count). The maximum Gasteiger partial charge on any atom is 0.119 e. The molecule has 222 valence electrons. The third kappa shape index (κ3) is 11.9. The molecule has 0 amide bonds. The van der Waals surface area contributed by atoms with Crippen molar-refractivity contribution in [3.8, 4) is 11.5 Å². The molecule has 0 aromatic heterocycles. The highest BCUT2D eigenvalue weighted by Crippen LogP contribution is 2.35. The predicted octanol–water partition coefficient (Wildman–Crippen LogP) is 10.2. The molecular formula is C37H50O3S. The highest BCUT2D eigenvalue weighted by molar-refractivity contribution is 7.84.